The molecule has 2 unspecified atom stereocenters. The summed E-state index contributed by atoms with van der Waals surface area (Å²) in [4.78, 5) is 24.3. The summed E-state index contributed by atoms with van der Waals surface area (Å²) in [6.07, 6.45) is 51.7. The summed E-state index contributed by atoms with van der Waals surface area (Å²) in [6.45, 7) is 4.83. The van der Waals surface area contributed by atoms with Gasteiger partial charge in [-0.05, 0) is 51.4 Å². The van der Waals surface area contributed by atoms with Crippen molar-refractivity contribution in [3.63, 3.8) is 0 Å². The Morgan fingerprint density at radius 3 is 1.35 bits per heavy atom. The molecule has 0 aromatic carbocycles. The lowest BCUT2D eigenvalue weighted by molar-refractivity contribution is -0.143. The normalized spacial score (nSPS) is 12.9. The second-order valence-electron chi connectivity index (χ2n) is 16.4. The van der Waals surface area contributed by atoms with E-state index < -0.39 is 12.1 Å². The van der Waals surface area contributed by atoms with Crippen LogP contribution in [0, 0.1) is 0 Å². The van der Waals surface area contributed by atoms with E-state index in [4.69, 9.17) is 4.74 Å². The molecule has 0 aromatic rings. The van der Waals surface area contributed by atoms with Gasteiger partial charge in [0.1, 0.15) is 0 Å². The number of ether oxygens (including phenoxy) is 1. The molecular weight excluding hydrogens is 683 g/mol. The summed E-state index contributed by atoms with van der Waals surface area (Å²) in [7, 11) is 0. The first-order valence-corrected chi connectivity index (χ1v) is 24.1. The number of carbonyl (C=O) groups is 2. The molecule has 1 amide bonds. The van der Waals surface area contributed by atoms with E-state index in [2.05, 4.69) is 31.3 Å². The van der Waals surface area contributed by atoms with E-state index in [-0.39, 0.29) is 18.5 Å². The van der Waals surface area contributed by atoms with Crippen molar-refractivity contribution in [2.45, 2.75) is 264 Å². The van der Waals surface area contributed by atoms with E-state index >= 15 is 0 Å². The SMILES string of the molecule is CCCC/C=C\CCCCCCCC(=O)OCCCCCCCCCCCCCCCCCC(=O)NC(CO)C(O)/C=C/CCCCCCCCCCCC. The summed E-state index contributed by atoms with van der Waals surface area (Å²) in [6, 6.07) is -0.632. The third kappa shape index (κ3) is 41.8. The number of aliphatic hydroxyl groups is 2. The topological polar surface area (TPSA) is 95.9 Å². The number of nitrogens with one attached hydrogen (secondary N) is 1. The maximum atomic E-state index is 12.4. The average molecular weight is 776 g/mol. The highest BCUT2D eigenvalue weighted by molar-refractivity contribution is 5.76. The summed E-state index contributed by atoms with van der Waals surface area (Å²) in [5.74, 6) is -0.0904. The highest BCUT2D eigenvalue weighted by Gasteiger charge is 2.18. The van der Waals surface area contributed by atoms with Gasteiger partial charge in [0, 0.05) is 12.8 Å². The van der Waals surface area contributed by atoms with Gasteiger partial charge in [-0.15, -0.1) is 0 Å². The van der Waals surface area contributed by atoms with Crippen LogP contribution < -0.4 is 5.32 Å². The number of aliphatic hydroxyl groups excluding tert-OH is 2. The van der Waals surface area contributed by atoms with Crippen LogP contribution in [0.3, 0.4) is 0 Å². The van der Waals surface area contributed by atoms with Crippen LogP contribution in [0.15, 0.2) is 24.3 Å². The van der Waals surface area contributed by atoms with Crippen molar-refractivity contribution in [3.05, 3.63) is 24.3 Å². The standard InChI is InChI=1S/C49H93NO5/c1-3-5-7-9-11-13-15-22-25-29-33-37-41-47(52)46(45-51)50-48(53)42-38-34-30-26-23-19-17-16-18-20-24-28-32-36-40-44-55-49(54)43-39-35-31-27-21-14-12-10-8-6-4-2/h10,12,37,41,46-47,51-52H,3-9,11,13-36,38-40,42-45H2,1-2H3,(H,50,53)/b12-10-,41-37+. The minimum Gasteiger partial charge on any atom is -0.466 e. The molecule has 0 heterocycles. The molecule has 0 bridgehead atoms. The van der Waals surface area contributed by atoms with Gasteiger partial charge in [-0.2, -0.15) is 0 Å². The van der Waals surface area contributed by atoms with E-state index in [0.717, 1.165) is 57.8 Å². The fraction of sp³-hybridized carbons (Fsp3) is 0.878. The number of carbonyl (C=O) groups excluding carboxylic acids is 2. The molecule has 0 radical (unpaired) electrons. The van der Waals surface area contributed by atoms with Crippen LogP contribution in [-0.4, -0.2) is 47.4 Å². The molecule has 324 valence electrons. The van der Waals surface area contributed by atoms with Crippen LogP contribution >= 0.6 is 0 Å². The van der Waals surface area contributed by atoms with Gasteiger partial charge in [-0.3, -0.25) is 9.59 Å². The molecule has 3 N–H and O–H groups in total. The monoisotopic (exact) mass is 776 g/mol. The molecule has 55 heavy (non-hydrogen) atoms. The number of esters is 1. The number of rotatable bonds is 44. The quantitative estimate of drug-likeness (QED) is 0.0325. The zero-order chi connectivity index (χ0) is 40.1. The average Bonchev–Trinajstić information content (AvgIpc) is 3.18. The van der Waals surface area contributed by atoms with E-state index in [1.165, 1.54) is 167 Å². The van der Waals surface area contributed by atoms with Crippen molar-refractivity contribution >= 4 is 11.9 Å². The van der Waals surface area contributed by atoms with Crippen molar-refractivity contribution in [2.75, 3.05) is 13.2 Å². The van der Waals surface area contributed by atoms with Crippen molar-refractivity contribution in [1.29, 1.82) is 0 Å². The smallest absolute Gasteiger partial charge is 0.305 e. The molecule has 0 rings (SSSR count). The summed E-state index contributed by atoms with van der Waals surface area (Å²) in [5.41, 5.74) is 0. The molecule has 0 aliphatic carbocycles. The van der Waals surface area contributed by atoms with Crippen molar-refractivity contribution in [2.24, 2.45) is 0 Å². The second-order valence-corrected chi connectivity index (χ2v) is 16.4. The summed E-state index contributed by atoms with van der Waals surface area (Å²) < 4.78 is 5.44. The maximum Gasteiger partial charge on any atom is 0.305 e. The second kappa shape index (κ2) is 45.0. The van der Waals surface area contributed by atoms with Gasteiger partial charge in [0.2, 0.25) is 5.91 Å². The van der Waals surface area contributed by atoms with Gasteiger partial charge < -0.3 is 20.3 Å². The predicted molar refractivity (Wildman–Crippen MR) is 236 cm³/mol. The first kappa shape index (κ1) is 53.3. The molecule has 6 heteroatoms. The van der Waals surface area contributed by atoms with Crippen molar-refractivity contribution in [3.8, 4) is 0 Å². The van der Waals surface area contributed by atoms with E-state index in [1.54, 1.807) is 6.08 Å². The Bertz CT molecular complexity index is 858. The first-order chi connectivity index (χ1) is 27.0. The Balaban J connectivity index is 3.47. The number of allylic oxidation sites excluding steroid dienone is 3. The minimum atomic E-state index is -0.848. The molecule has 0 aliphatic rings. The minimum absolute atomic E-state index is 0.0122. The lowest BCUT2D eigenvalue weighted by atomic mass is 10.0. The first-order valence-electron chi connectivity index (χ1n) is 24.1. The molecule has 6 nitrogen and oxygen atoms in total. The highest BCUT2D eigenvalue weighted by Crippen LogP contribution is 2.15. The Morgan fingerprint density at radius 1 is 0.491 bits per heavy atom. The molecule has 2 atom stereocenters. The third-order valence-electron chi connectivity index (χ3n) is 11.0. The Hall–Kier alpha value is -1.66. The fourth-order valence-electron chi connectivity index (χ4n) is 7.20. The van der Waals surface area contributed by atoms with Gasteiger partial charge in [0.15, 0.2) is 0 Å². The maximum absolute atomic E-state index is 12.4. The fourth-order valence-corrected chi connectivity index (χ4v) is 7.20. The van der Waals surface area contributed by atoms with Gasteiger partial charge in [0.05, 0.1) is 25.4 Å². The van der Waals surface area contributed by atoms with Crippen molar-refractivity contribution < 1.29 is 24.5 Å². The molecular formula is C49H93NO5. The van der Waals surface area contributed by atoms with Crippen LogP contribution in [-0.2, 0) is 14.3 Å². The van der Waals surface area contributed by atoms with E-state index in [0.29, 0.717) is 19.4 Å². The van der Waals surface area contributed by atoms with Crippen LogP contribution in [0.4, 0.5) is 0 Å². The Morgan fingerprint density at radius 2 is 0.873 bits per heavy atom. The van der Waals surface area contributed by atoms with Gasteiger partial charge in [-0.1, -0.05) is 212 Å². The number of amides is 1. The van der Waals surface area contributed by atoms with E-state index in [1.807, 2.05) is 6.08 Å². The highest BCUT2D eigenvalue weighted by atomic mass is 16.5. The number of hydrogen-bond acceptors (Lipinski definition) is 5. The zero-order valence-corrected chi connectivity index (χ0v) is 36.7. The molecule has 0 aliphatic heterocycles. The van der Waals surface area contributed by atoms with Crippen LogP contribution in [0.25, 0.3) is 0 Å². The van der Waals surface area contributed by atoms with Crippen molar-refractivity contribution in [1.82, 2.24) is 5.32 Å². The Labute approximate surface area is 341 Å². The van der Waals surface area contributed by atoms with Gasteiger partial charge in [0.25, 0.3) is 0 Å². The third-order valence-corrected chi connectivity index (χ3v) is 11.0. The molecule has 0 fully saturated rings. The Kier molecular flexibility index (Phi) is 43.7. The lowest BCUT2D eigenvalue weighted by Gasteiger charge is -2.20. The predicted octanol–water partition coefficient (Wildman–Crippen LogP) is 14.0. The largest absolute Gasteiger partial charge is 0.466 e. The molecule has 0 saturated heterocycles. The summed E-state index contributed by atoms with van der Waals surface area (Å²) in [5, 5.41) is 23.0. The van der Waals surface area contributed by atoms with Gasteiger partial charge >= 0.3 is 5.97 Å². The molecule has 0 aromatic heterocycles. The summed E-state index contributed by atoms with van der Waals surface area (Å²) >= 11 is 0. The number of hydrogen-bond donors (Lipinski definition) is 3. The zero-order valence-electron chi connectivity index (χ0n) is 36.7. The van der Waals surface area contributed by atoms with E-state index in [9.17, 15) is 19.8 Å². The van der Waals surface area contributed by atoms with Gasteiger partial charge in [-0.25, -0.2) is 0 Å². The van der Waals surface area contributed by atoms with Crippen LogP contribution in [0.5, 0.6) is 0 Å². The molecule has 0 saturated carbocycles. The molecule has 0 spiro atoms. The lowest BCUT2D eigenvalue weighted by Crippen LogP contribution is -2.45. The van der Waals surface area contributed by atoms with Crippen LogP contribution in [0.1, 0.15) is 251 Å². The van der Waals surface area contributed by atoms with Crippen LogP contribution in [0.2, 0.25) is 0 Å². The number of unbranched alkanes of at least 4 members (excludes halogenated alkanes) is 31.